The molecular weight excluding hydrogens is 305 g/mol. The van der Waals surface area contributed by atoms with Gasteiger partial charge in [0.1, 0.15) is 17.2 Å². The van der Waals surface area contributed by atoms with E-state index in [0.717, 1.165) is 22.5 Å². The number of fused-ring (bicyclic) bond motifs is 1. The van der Waals surface area contributed by atoms with E-state index in [1.165, 1.54) is 12.1 Å². The second kappa shape index (κ2) is 6.23. The van der Waals surface area contributed by atoms with Gasteiger partial charge in [0.25, 0.3) is 0 Å². The first kappa shape index (κ1) is 15.3. The van der Waals surface area contributed by atoms with Crippen LogP contribution in [0.5, 0.6) is 0 Å². The quantitative estimate of drug-likeness (QED) is 0.901. The van der Waals surface area contributed by atoms with Crippen LogP contribution in [0.1, 0.15) is 25.6 Å². The van der Waals surface area contributed by atoms with Gasteiger partial charge in [-0.05, 0) is 31.3 Å². The van der Waals surface area contributed by atoms with Crippen molar-refractivity contribution in [3.63, 3.8) is 0 Å². The van der Waals surface area contributed by atoms with E-state index in [-0.39, 0.29) is 11.9 Å². The molecule has 0 bridgehead atoms. The molecule has 1 fully saturated rings. The van der Waals surface area contributed by atoms with Gasteiger partial charge < -0.3 is 9.73 Å². The van der Waals surface area contributed by atoms with E-state index in [9.17, 15) is 4.39 Å². The first-order valence-corrected chi connectivity index (χ1v) is 9.21. The summed E-state index contributed by atoms with van der Waals surface area (Å²) in [7, 11) is 1.96. The van der Waals surface area contributed by atoms with Crippen LogP contribution in [0, 0.1) is 5.82 Å². The lowest BCUT2D eigenvalue weighted by Gasteiger charge is -2.35. The lowest BCUT2D eigenvalue weighted by molar-refractivity contribution is 0.451. The first-order chi connectivity index (χ1) is 10.1. The molecule has 1 N–H and O–H groups in total. The fraction of sp³-hybridized carbons (Fsp3) is 0.500. The smallest absolute Gasteiger partial charge is 0.134 e. The zero-order valence-corrected chi connectivity index (χ0v) is 14.1. The first-order valence-electron chi connectivity index (χ1n) is 7.22. The third kappa shape index (κ3) is 3.10. The summed E-state index contributed by atoms with van der Waals surface area (Å²) in [5.41, 5.74) is 0.751. The third-order valence-electron chi connectivity index (χ3n) is 4.06. The van der Waals surface area contributed by atoms with Crippen LogP contribution in [-0.2, 0) is 0 Å². The predicted octanol–water partition coefficient (Wildman–Crippen LogP) is 4.46. The van der Waals surface area contributed by atoms with Crippen molar-refractivity contribution < 1.29 is 8.81 Å². The molecule has 2 aromatic rings. The van der Waals surface area contributed by atoms with E-state index in [0.29, 0.717) is 15.7 Å². The van der Waals surface area contributed by atoms with Crippen molar-refractivity contribution in [3.05, 3.63) is 35.8 Å². The van der Waals surface area contributed by atoms with Crippen molar-refractivity contribution in [2.45, 2.75) is 35.6 Å². The highest BCUT2D eigenvalue weighted by atomic mass is 32.2. The van der Waals surface area contributed by atoms with E-state index >= 15 is 0 Å². The Kier molecular flexibility index (Phi) is 4.52. The lowest BCUT2D eigenvalue weighted by atomic mass is 10.1. The van der Waals surface area contributed by atoms with Crippen LogP contribution in [0.2, 0.25) is 0 Å². The molecule has 0 radical (unpaired) electrons. The van der Waals surface area contributed by atoms with Gasteiger partial charge in [-0.15, -0.1) is 0 Å². The maximum atomic E-state index is 13.3. The van der Waals surface area contributed by atoms with Crippen LogP contribution in [0.25, 0.3) is 11.0 Å². The van der Waals surface area contributed by atoms with E-state index in [1.807, 2.05) is 36.6 Å². The van der Waals surface area contributed by atoms with Crippen LogP contribution in [0.15, 0.2) is 28.7 Å². The van der Waals surface area contributed by atoms with Crippen LogP contribution in [0.3, 0.4) is 0 Å². The standard InChI is InChI=1S/C16H20FNOS2/c1-9-10(2)21-15(8-20-9)16(18-3)14-7-11-6-12(17)4-5-13(11)19-14/h4-7,9-10,15-16,18H,8H2,1-3H3. The Bertz CT molecular complexity index is 630. The summed E-state index contributed by atoms with van der Waals surface area (Å²) in [6, 6.07) is 6.80. The molecular formula is C16H20FNOS2. The molecule has 1 aromatic carbocycles. The van der Waals surface area contributed by atoms with Crippen molar-refractivity contribution in [2.75, 3.05) is 12.8 Å². The zero-order valence-electron chi connectivity index (χ0n) is 12.4. The molecule has 4 unspecified atom stereocenters. The highest BCUT2D eigenvalue weighted by molar-refractivity contribution is 8.07. The molecule has 2 heterocycles. The maximum absolute atomic E-state index is 13.3. The fourth-order valence-corrected chi connectivity index (χ4v) is 5.82. The number of thioether (sulfide) groups is 2. The molecule has 0 saturated carbocycles. The van der Waals surface area contributed by atoms with Crippen molar-refractivity contribution in [1.29, 1.82) is 0 Å². The lowest BCUT2D eigenvalue weighted by Crippen LogP contribution is -2.35. The van der Waals surface area contributed by atoms with Crippen molar-refractivity contribution in [3.8, 4) is 0 Å². The Hall–Kier alpha value is -0.650. The molecule has 1 aliphatic heterocycles. The van der Waals surface area contributed by atoms with Crippen molar-refractivity contribution in [2.24, 2.45) is 0 Å². The van der Waals surface area contributed by atoms with Gasteiger partial charge in [-0.2, -0.15) is 23.5 Å². The van der Waals surface area contributed by atoms with Gasteiger partial charge in [0.2, 0.25) is 0 Å². The fourth-order valence-electron chi connectivity index (χ4n) is 2.68. The molecule has 0 amide bonds. The van der Waals surface area contributed by atoms with Gasteiger partial charge in [-0.3, -0.25) is 0 Å². The minimum atomic E-state index is -0.221. The van der Waals surface area contributed by atoms with Gasteiger partial charge in [-0.1, -0.05) is 13.8 Å². The number of halogens is 1. The van der Waals surface area contributed by atoms with Crippen LogP contribution < -0.4 is 5.32 Å². The van der Waals surface area contributed by atoms with Gasteiger partial charge in [0.15, 0.2) is 0 Å². The SMILES string of the molecule is CNC(c1cc2cc(F)ccc2o1)C1CSC(C)C(C)S1. The molecule has 0 aliphatic carbocycles. The van der Waals surface area contributed by atoms with E-state index in [1.54, 1.807) is 6.07 Å². The summed E-state index contributed by atoms with van der Waals surface area (Å²) in [5, 5.41) is 6.00. The monoisotopic (exact) mass is 325 g/mol. The van der Waals surface area contributed by atoms with Gasteiger partial charge in [-0.25, -0.2) is 4.39 Å². The Labute approximate surface area is 133 Å². The average molecular weight is 325 g/mol. The molecule has 3 rings (SSSR count). The van der Waals surface area contributed by atoms with Crippen LogP contribution in [0.4, 0.5) is 4.39 Å². The Morgan fingerprint density at radius 3 is 2.81 bits per heavy atom. The largest absolute Gasteiger partial charge is 0.459 e. The molecule has 114 valence electrons. The molecule has 0 spiro atoms. The van der Waals surface area contributed by atoms with E-state index < -0.39 is 0 Å². The normalized spacial score (nSPS) is 27.9. The molecule has 1 aliphatic rings. The molecule has 21 heavy (non-hydrogen) atoms. The Balaban J connectivity index is 1.87. The van der Waals surface area contributed by atoms with E-state index in [2.05, 4.69) is 19.2 Å². The Morgan fingerprint density at radius 2 is 2.10 bits per heavy atom. The van der Waals surface area contributed by atoms with E-state index in [4.69, 9.17) is 4.42 Å². The molecule has 1 saturated heterocycles. The third-order valence-corrected chi connectivity index (χ3v) is 7.56. The molecule has 1 aromatic heterocycles. The summed E-state index contributed by atoms with van der Waals surface area (Å²) < 4.78 is 19.3. The van der Waals surface area contributed by atoms with Crippen LogP contribution >= 0.6 is 23.5 Å². The number of furan rings is 1. The summed E-state index contributed by atoms with van der Waals surface area (Å²) in [5.74, 6) is 1.78. The number of hydrogen-bond acceptors (Lipinski definition) is 4. The summed E-state index contributed by atoms with van der Waals surface area (Å²) in [6.45, 7) is 4.58. The summed E-state index contributed by atoms with van der Waals surface area (Å²) in [4.78, 5) is 0. The number of benzene rings is 1. The highest BCUT2D eigenvalue weighted by Gasteiger charge is 2.33. The highest BCUT2D eigenvalue weighted by Crippen LogP contribution is 2.41. The average Bonchev–Trinajstić information content (AvgIpc) is 2.86. The Morgan fingerprint density at radius 1 is 1.29 bits per heavy atom. The topological polar surface area (TPSA) is 25.2 Å². The van der Waals surface area contributed by atoms with Gasteiger partial charge in [0, 0.05) is 26.9 Å². The van der Waals surface area contributed by atoms with Crippen LogP contribution in [-0.4, -0.2) is 28.6 Å². The van der Waals surface area contributed by atoms with Crippen molar-refractivity contribution >= 4 is 34.5 Å². The summed E-state index contributed by atoms with van der Waals surface area (Å²) in [6.07, 6.45) is 0. The zero-order chi connectivity index (χ0) is 15.0. The predicted molar refractivity (Wildman–Crippen MR) is 90.7 cm³/mol. The molecule has 5 heteroatoms. The summed E-state index contributed by atoms with van der Waals surface area (Å²) >= 11 is 4.04. The molecule has 2 nitrogen and oxygen atoms in total. The second-order valence-electron chi connectivity index (χ2n) is 5.52. The molecule has 4 atom stereocenters. The minimum absolute atomic E-state index is 0.160. The minimum Gasteiger partial charge on any atom is -0.459 e. The van der Waals surface area contributed by atoms with Gasteiger partial charge in [0.05, 0.1) is 6.04 Å². The number of hydrogen-bond donors (Lipinski definition) is 1. The van der Waals surface area contributed by atoms with Gasteiger partial charge >= 0.3 is 0 Å². The second-order valence-corrected chi connectivity index (χ2v) is 8.55. The number of rotatable bonds is 3. The number of nitrogens with one attached hydrogen (secondary N) is 1. The van der Waals surface area contributed by atoms with Crippen molar-refractivity contribution in [1.82, 2.24) is 5.32 Å². The maximum Gasteiger partial charge on any atom is 0.134 e.